The van der Waals surface area contributed by atoms with E-state index in [1.54, 1.807) is 0 Å². The van der Waals surface area contributed by atoms with Crippen LogP contribution in [-0.2, 0) is 0 Å². The summed E-state index contributed by atoms with van der Waals surface area (Å²) in [6.07, 6.45) is 0. The van der Waals surface area contributed by atoms with E-state index in [0.29, 0.717) is 17.6 Å². The summed E-state index contributed by atoms with van der Waals surface area (Å²) in [6, 6.07) is 74.7. The fourth-order valence-corrected chi connectivity index (χ4v) is 9.43. The molecule has 0 fully saturated rings. The Morgan fingerprint density at radius 3 is 1.54 bits per heavy atom. The van der Waals surface area contributed by atoms with Gasteiger partial charge in [-0.15, -0.1) is 0 Å². The van der Waals surface area contributed by atoms with Crippen LogP contribution in [0.25, 0.3) is 122 Å². The van der Waals surface area contributed by atoms with Crippen LogP contribution in [-0.4, -0.2) is 24.1 Å². The highest BCUT2D eigenvalue weighted by Crippen LogP contribution is 2.41. The smallest absolute Gasteiger partial charge is 0.238 e. The molecule has 4 heterocycles. The van der Waals surface area contributed by atoms with Gasteiger partial charge in [0.05, 0.1) is 22.1 Å². The first kappa shape index (κ1) is 35.2. The van der Waals surface area contributed by atoms with Crippen LogP contribution >= 0.6 is 0 Å². The molecule has 294 valence electrons. The number of nitrogens with zero attached hydrogens (tertiary/aromatic N) is 5. The Morgan fingerprint density at radius 1 is 0.286 bits per heavy atom. The molecular weight excluding hydrogens is 771 g/mol. The van der Waals surface area contributed by atoms with Crippen molar-refractivity contribution in [2.75, 3.05) is 0 Å². The lowest BCUT2D eigenvalue weighted by molar-refractivity contribution is 0.669. The number of para-hydroxylation sites is 3. The normalized spacial score (nSPS) is 11.8. The van der Waals surface area contributed by atoms with Gasteiger partial charge in [-0.25, -0.2) is 4.98 Å². The maximum Gasteiger partial charge on any atom is 0.238 e. The zero-order chi connectivity index (χ0) is 41.4. The Labute approximate surface area is 361 Å². The molecule has 0 bridgehead atoms. The molecule has 0 saturated carbocycles. The van der Waals surface area contributed by atoms with Crippen molar-refractivity contribution in [3.8, 4) is 56.7 Å². The Bertz CT molecular complexity index is 3920. The van der Waals surface area contributed by atoms with Crippen molar-refractivity contribution in [1.82, 2.24) is 24.1 Å². The Balaban J connectivity index is 1.02. The Hall–Kier alpha value is -8.61. The topological polar surface area (TPSA) is 61.7 Å². The van der Waals surface area contributed by atoms with E-state index in [4.69, 9.17) is 19.4 Å². The predicted octanol–water partition coefficient (Wildman–Crippen LogP) is 14.6. The van der Waals surface area contributed by atoms with Crippen LogP contribution in [0.4, 0.5) is 0 Å². The second-order valence-electron chi connectivity index (χ2n) is 16.0. The van der Waals surface area contributed by atoms with Crippen molar-refractivity contribution in [2.24, 2.45) is 0 Å². The molecule has 0 aliphatic heterocycles. The molecule has 0 unspecified atom stereocenters. The van der Waals surface area contributed by atoms with Gasteiger partial charge in [-0.1, -0.05) is 152 Å². The van der Waals surface area contributed by atoms with Gasteiger partial charge in [0.1, 0.15) is 11.2 Å². The van der Waals surface area contributed by atoms with E-state index >= 15 is 0 Å². The summed E-state index contributed by atoms with van der Waals surface area (Å²) in [7, 11) is 0. The number of rotatable bonds is 6. The van der Waals surface area contributed by atoms with Crippen molar-refractivity contribution < 1.29 is 4.42 Å². The van der Waals surface area contributed by atoms with Gasteiger partial charge in [-0.05, 0) is 82.9 Å². The number of benzene rings is 9. The Kier molecular flexibility index (Phi) is 7.80. The van der Waals surface area contributed by atoms with Crippen molar-refractivity contribution in [3.63, 3.8) is 0 Å². The molecular formula is C57H35N5O. The third-order valence-corrected chi connectivity index (χ3v) is 12.4. The molecule has 13 rings (SSSR count). The van der Waals surface area contributed by atoms with Gasteiger partial charge in [0, 0.05) is 49.1 Å². The van der Waals surface area contributed by atoms with E-state index in [0.717, 1.165) is 82.5 Å². The summed E-state index contributed by atoms with van der Waals surface area (Å²) in [5.41, 5.74) is 13.5. The number of furan rings is 1. The summed E-state index contributed by atoms with van der Waals surface area (Å²) < 4.78 is 10.9. The van der Waals surface area contributed by atoms with E-state index in [2.05, 4.69) is 167 Å². The van der Waals surface area contributed by atoms with Crippen LogP contribution in [0.1, 0.15) is 0 Å². The predicted molar refractivity (Wildman–Crippen MR) is 258 cm³/mol. The molecule has 0 N–H and O–H groups in total. The van der Waals surface area contributed by atoms with Crippen LogP contribution in [0.15, 0.2) is 217 Å². The number of hydrogen-bond donors (Lipinski definition) is 0. The zero-order valence-electron chi connectivity index (χ0n) is 33.9. The molecule has 0 amide bonds. The largest absolute Gasteiger partial charge is 0.456 e. The first-order chi connectivity index (χ1) is 31.2. The minimum absolute atomic E-state index is 0.545. The molecule has 0 aliphatic carbocycles. The van der Waals surface area contributed by atoms with E-state index in [1.807, 2.05) is 54.6 Å². The van der Waals surface area contributed by atoms with Crippen LogP contribution < -0.4 is 0 Å². The lowest BCUT2D eigenvalue weighted by atomic mass is 9.99. The molecule has 0 aliphatic rings. The van der Waals surface area contributed by atoms with E-state index in [9.17, 15) is 0 Å². The second kappa shape index (κ2) is 14.0. The lowest BCUT2D eigenvalue weighted by Gasteiger charge is -2.12. The van der Waals surface area contributed by atoms with Gasteiger partial charge >= 0.3 is 0 Å². The van der Waals surface area contributed by atoms with Gasteiger partial charge in [-0.2, -0.15) is 9.97 Å². The summed E-state index contributed by atoms with van der Waals surface area (Å²) in [5.74, 6) is 1.71. The molecule has 0 radical (unpaired) electrons. The van der Waals surface area contributed by atoms with E-state index < -0.39 is 0 Å². The molecule has 0 spiro atoms. The van der Waals surface area contributed by atoms with E-state index in [1.165, 1.54) is 22.1 Å². The standard InChI is InChI=1S/C57H35N5O/c1-3-15-36(16-4-1)38-19-13-20-39(31-38)40-21-14-22-42(32-40)61-49-26-10-7-23-43(49)47-35-52-48(34-51(47)61)44-24-8-11-27-50(44)62(52)57-59-55(37-17-5-2-6-18-37)58-56(60-57)41-29-30-46-45-25-9-12-28-53(45)63-54(46)33-41/h1-35H. The minimum atomic E-state index is 0.545. The second-order valence-corrected chi connectivity index (χ2v) is 16.0. The monoisotopic (exact) mass is 805 g/mol. The van der Waals surface area contributed by atoms with Crippen molar-refractivity contribution in [2.45, 2.75) is 0 Å². The summed E-state index contributed by atoms with van der Waals surface area (Å²) in [6.45, 7) is 0. The summed E-state index contributed by atoms with van der Waals surface area (Å²) in [5, 5.41) is 6.68. The average Bonchev–Trinajstić information content (AvgIpc) is 4.01. The zero-order valence-corrected chi connectivity index (χ0v) is 33.9. The fourth-order valence-electron chi connectivity index (χ4n) is 9.43. The van der Waals surface area contributed by atoms with Gasteiger partial charge in [-0.3, -0.25) is 4.57 Å². The van der Waals surface area contributed by atoms with Crippen LogP contribution in [0.5, 0.6) is 0 Å². The van der Waals surface area contributed by atoms with Gasteiger partial charge < -0.3 is 8.98 Å². The molecule has 9 aromatic carbocycles. The SMILES string of the molecule is c1ccc(-c2cccc(-c3cccc(-n4c5ccccc5c5cc6c(cc54)c4ccccc4n6-c4nc(-c5ccccc5)nc(-c5ccc6c(c5)oc5ccccc56)n4)c3)c2)cc1. The van der Waals surface area contributed by atoms with Gasteiger partial charge in [0.15, 0.2) is 11.6 Å². The molecule has 13 aromatic rings. The summed E-state index contributed by atoms with van der Waals surface area (Å²) >= 11 is 0. The third kappa shape index (κ3) is 5.69. The fraction of sp³-hybridized carbons (Fsp3) is 0. The maximum absolute atomic E-state index is 6.33. The Morgan fingerprint density at radius 2 is 0.810 bits per heavy atom. The molecule has 0 atom stereocenters. The van der Waals surface area contributed by atoms with Gasteiger partial charge in [0.25, 0.3) is 0 Å². The molecule has 63 heavy (non-hydrogen) atoms. The van der Waals surface area contributed by atoms with Gasteiger partial charge in [0.2, 0.25) is 5.95 Å². The number of fused-ring (bicyclic) bond motifs is 9. The number of hydrogen-bond acceptors (Lipinski definition) is 4. The highest BCUT2D eigenvalue weighted by atomic mass is 16.3. The van der Waals surface area contributed by atoms with Crippen LogP contribution in [0.2, 0.25) is 0 Å². The highest BCUT2D eigenvalue weighted by Gasteiger charge is 2.22. The highest BCUT2D eigenvalue weighted by molar-refractivity contribution is 6.19. The molecule has 6 nitrogen and oxygen atoms in total. The van der Waals surface area contributed by atoms with E-state index in [-0.39, 0.29) is 0 Å². The van der Waals surface area contributed by atoms with Crippen molar-refractivity contribution >= 4 is 65.6 Å². The first-order valence-electron chi connectivity index (χ1n) is 21.2. The quantitative estimate of drug-likeness (QED) is 0.168. The number of aromatic nitrogens is 5. The van der Waals surface area contributed by atoms with Crippen LogP contribution in [0, 0.1) is 0 Å². The van der Waals surface area contributed by atoms with Crippen molar-refractivity contribution in [1.29, 1.82) is 0 Å². The van der Waals surface area contributed by atoms with Crippen LogP contribution in [0.3, 0.4) is 0 Å². The minimum Gasteiger partial charge on any atom is -0.456 e. The molecule has 6 heteroatoms. The summed E-state index contributed by atoms with van der Waals surface area (Å²) in [4.78, 5) is 15.6. The maximum atomic E-state index is 6.33. The molecule has 4 aromatic heterocycles. The average molecular weight is 806 g/mol. The first-order valence-corrected chi connectivity index (χ1v) is 21.2. The molecule has 0 saturated heterocycles. The lowest BCUT2D eigenvalue weighted by Crippen LogP contribution is -2.06. The third-order valence-electron chi connectivity index (χ3n) is 12.4. The van der Waals surface area contributed by atoms with Crippen molar-refractivity contribution in [3.05, 3.63) is 212 Å².